The molecule has 14 heavy (non-hydrogen) atoms. The summed E-state index contributed by atoms with van der Waals surface area (Å²) >= 11 is 3.38. The average molecular weight is 254 g/mol. The molecule has 0 spiro atoms. The summed E-state index contributed by atoms with van der Waals surface area (Å²) in [5.74, 6) is -0.793. The number of dihydropyridines is 1. The summed E-state index contributed by atoms with van der Waals surface area (Å²) in [6, 6.07) is 0. The molecule has 0 amide bonds. The second-order valence-corrected chi connectivity index (χ2v) is 4.06. The van der Waals surface area contributed by atoms with E-state index in [2.05, 4.69) is 20.9 Å². The maximum absolute atomic E-state index is 10.7. The first-order chi connectivity index (χ1) is 6.68. The monoisotopic (exact) mass is 253 g/mol. The number of carbonyl (C=O) groups is 1. The molecule has 0 bridgehead atoms. The zero-order chi connectivity index (χ0) is 10.1. The van der Waals surface area contributed by atoms with Gasteiger partial charge < -0.3 is 5.11 Å². The molecular weight excluding hydrogens is 246 g/mol. The zero-order valence-corrected chi connectivity index (χ0v) is 8.86. The summed E-state index contributed by atoms with van der Waals surface area (Å²) in [7, 11) is 0. The standard InChI is InChI=1S/C10H8BrNO2/c11-7-5-9(10(13)14)12-8-4-2-1-3-6(7)8/h1-2,4-6H,3H2,(H,13,14). The van der Waals surface area contributed by atoms with E-state index >= 15 is 0 Å². The van der Waals surface area contributed by atoms with Crippen molar-refractivity contribution in [1.29, 1.82) is 0 Å². The fraction of sp³-hybridized carbons (Fsp3) is 0.200. The van der Waals surface area contributed by atoms with Gasteiger partial charge in [-0.15, -0.1) is 0 Å². The Kier molecular flexibility index (Phi) is 2.37. The number of halogens is 1. The molecule has 0 aromatic carbocycles. The maximum atomic E-state index is 10.7. The second kappa shape index (κ2) is 3.53. The second-order valence-electron chi connectivity index (χ2n) is 3.14. The van der Waals surface area contributed by atoms with E-state index in [1.54, 1.807) is 6.08 Å². The topological polar surface area (TPSA) is 49.7 Å². The van der Waals surface area contributed by atoms with Gasteiger partial charge in [0.1, 0.15) is 5.71 Å². The summed E-state index contributed by atoms with van der Waals surface area (Å²) in [6.07, 6.45) is 8.25. The lowest BCUT2D eigenvalue weighted by molar-refractivity contribution is -0.129. The fourth-order valence-corrected chi connectivity index (χ4v) is 2.14. The zero-order valence-electron chi connectivity index (χ0n) is 7.27. The third-order valence-corrected chi connectivity index (χ3v) is 2.99. The fourth-order valence-electron chi connectivity index (χ4n) is 1.50. The Bertz CT molecular complexity index is 404. The molecule has 0 saturated heterocycles. The molecule has 1 unspecified atom stereocenters. The minimum absolute atomic E-state index is 0.0923. The van der Waals surface area contributed by atoms with Crippen LogP contribution in [0.15, 0.2) is 39.5 Å². The van der Waals surface area contributed by atoms with E-state index in [4.69, 9.17) is 5.11 Å². The summed E-state index contributed by atoms with van der Waals surface area (Å²) < 4.78 is 0.889. The van der Waals surface area contributed by atoms with Gasteiger partial charge >= 0.3 is 5.97 Å². The highest BCUT2D eigenvalue weighted by Crippen LogP contribution is 2.34. The van der Waals surface area contributed by atoms with E-state index in [1.807, 2.05) is 18.2 Å². The van der Waals surface area contributed by atoms with Gasteiger partial charge in [-0.05, 0) is 18.6 Å². The van der Waals surface area contributed by atoms with Crippen molar-refractivity contribution in [2.24, 2.45) is 10.9 Å². The maximum Gasteiger partial charge on any atom is 0.354 e. The SMILES string of the molecule is O=C(O)C1=NC2=CC=CCC2C(Br)=C1. The Morgan fingerprint density at radius 2 is 2.43 bits per heavy atom. The lowest BCUT2D eigenvalue weighted by atomic mass is 9.94. The summed E-state index contributed by atoms with van der Waals surface area (Å²) in [5, 5.41) is 8.80. The first-order valence-electron chi connectivity index (χ1n) is 4.24. The normalized spacial score (nSPS) is 24.6. The molecule has 2 rings (SSSR count). The first kappa shape index (κ1) is 9.40. The van der Waals surface area contributed by atoms with Gasteiger partial charge in [-0.2, -0.15) is 0 Å². The molecule has 0 saturated carbocycles. The van der Waals surface area contributed by atoms with E-state index in [-0.39, 0.29) is 11.6 Å². The van der Waals surface area contributed by atoms with E-state index < -0.39 is 5.97 Å². The van der Waals surface area contributed by atoms with Crippen LogP contribution < -0.4 is 0 Å². The molecule has 0 aromatic rings. The van der Waals surface area contributed by atoms with Crippen molar-refractivity contribution in [3.05, 3.63) is 34.5 Å². The van der Waals surface area contributed by atoms with Crippen molar-refractivity contribution in [3.8, 4) is 0 Å². The van der Waals surface area contributed by atoms with E-state index in [0.717, 1.165) is 16.6 Å². The first-order valence-corrected chi connectivity index (χ1v) is 5.03. The number of carboxylic acid groups (broad SMARTS) is 1. The number of allylic oxidation sites excluding steroid dienone is 4. The van der Waals surface area contributed by atoms with E-state index in [9.17, 15) is 4.79 Å². The molecule has 1 N–H and O–H groups in total. The van der Waals surface area contributed by atoms with Crippen LogP contribution in [0, 0.1) is 5.92 Å². The number of nitrogens with zero attached hydrogens (tertiary/aromatic N) is 1. The Morgan fingerprint density at radius 1 is 1.64 bits per heavy atom. The Labute approximate surface area is 89.7 Å². The Morgan fingerprint density at radius 3 is 3.14 bits per heavy atom. The minimum atomic E-state index is -0.990. The largest absolute Gasteiger partial charge is 0.477 e. The summed E-state index contributed by atoms with van der Waals surface area (Å²) in [4.78, 5) is 14.8. The van der Waals surface area contributed by atoms with Crippen LogP contribution >= 0.6 is 15.9 Å². The third kappa shape index (κ3) is 1.57. The molecule has 2 aliphatic rings. The van der Waals surface area contributed by atoms with Crippen LogP contribution in [0.25, 0.3) is 0 Å². The quantitative estimate of drug-likeness (QED) is 0.780. The molecule has 1 atom stereocenters. The van der Waals surface area contributed by atoms with Crippen LogP contribution in [0.3, 0.4) is 0 Å². The number of carboxylic acids is 1. The van der Waals surface area contributed by atoms with Gasteiger partial charge in [0.2, 0.25) is 0 Å². The molecule has 1 aliphatic heterocycles. The molecule has 0 aromatic heterocycles. The number of fused-ring (bicyclic) bond motifs is 1. The molecule has 0 radical (unpaired) electrons. The molecular formula is C10H8BrNO2. The van der Waals surface area contributed by atoms with Crippen LogP contribution in [0.4, 0.5) is 0 Å². The van der Waals surface area contributed by atoms with Crippen LogP contribution in [0.1, 0.15) is 6.42 Å². The minimum Gasteiger partial charge on any atom is -0.477 e. The van der Waals surface area contributed by atoms with Gasteiger partial charge in [0.05, 0.1) is 0 Å². The number of rotatable bonds is 1. The number of hydrogen-bond acceptors (Lipinski definition) is 2. The van der Waals surface area contributed by atoms with Crippen molar-refractivity contribution in [1.82, 2.24) is 0 Å². The Hall–Kier alpha value is -1.16. The van der Waals surface area contributed by atoms with Crippen molar-refractivity contribution in [3.63, 3.8) is 0 Å². The lowest BCUT2D eigenvalue weighted by Gasteiger charge is -2.21. The van der Waals surface area contributed by atoms with Crippen LogP contribution in [-0.2, 0) is 4.79 Å². The highest BCUT2D eigenvalue weighted by Gasteiger charge is 2.24. The molecule has 3 nitrogen and oxygen atoms in total. The number of hydrogen-bond donors (Lipinski definition) is 1. The lowest BCUT2D eigenvalue weighted by Crippen LogP contribution is -2.18. The highest BCUT2D eigenvalue weighted by atomic mass is 79.9. The number of aliphatic imine (C=N–C) groups is 1. The van der Waals surface area contributed by atoms with Crippen molar-refractivity contribution in [2.45, 2.75) is 6.42 Å². The molecule has 72 valence electrons. The van der Waals surface area contributed by atoms with Crippen LogP contribution in [0.5, 0.6) is 0 Å². The smallest absolute Gasteiger partial charge is 0.354 e. The third-order valence-electron chi connectivity index (χ3n) is 2.21. The number of aliphatic carboxylic acids is 1. The molecule has 1 aliphatic carbocycles. The van der Waals surface area contributed by atoms with Crippen molar-refractivity contribution < 1.29 is 9.90 Å². The highest BCUT2D eigenvalue weighted by molar-refractivity contribution is 9.11. The van der Waals surface area contributed by atoms with Gasteiger partial charge in [0.25, 0.3) is 0 Å². The summed E-state index contributed by atoms with van der Waals surface area (Å²) in [5.41, 5.74) is 0.911. The van der Waals surface area contributed by atoms with Gasteiger partial charge in [-0.25, -0.2) is 9.79 Å². The molecule has 1 heterocycles. The van der Waals surface area contributed by atoms with Crippen LogP contribution in [0.2, 0.25) is 0 Å². The van der Waals surface area contributed by atoms with Crippen LogP contribution in [-0.4, -0.2) is 16.8 Å². The van der Waals surface area contributed by atoms with Gasteiger partial charge in [-0.3, -0.25) is 0 Å². The van der Waals surface area contributed by atoms with Gasteiger partial charge in [0.15, 0.2) is 0 Å². The van der Waals surface area contributed by atoms with Gasteiger partial charge in [-0.1, -0.05) is 28.1 Å². The predicted molar refractivity (Wildman–Crippen MR) is 57.4 cm³/mol. The van der Waals surface area contributed by atoms with Gasteiger partial charge in [0, 0.05) is 16.1 Å². The average Bonchev–Trinajstić information content (AvgIpc) is 2.17. The summed E-state index contributed by atoms with van der Waals surface area (Å²) in [6.45, 7) is 0. The Balaban J connectivity index is 2.42. The predicted octanol–water partition coefficient (Wildman–Crippen LogP) is 2.26. The van der Waals surface area contributed by atoms with Crippen molar-refractivity contribution in [2.75, 3.05) is 0 Å². The van der Waals surface area contributed by atoms with Crippen molar-refractivity contribution >= 4 is 27.6 Å². The van der Waals surface area contributed by atoms with E-state index in [1.165, 1.54) is 0 Å². The molecule has 0 fully saturated rings. The van der Waals surface area contributed by atoms with E-state index in [0.29, 0.717) is 0 Å². The molecule has 4 heteroatoms.